The molecule has 0 saturated carbocycles. The normalized spacial score (nSPS) is 22.5. The van der Waals surface area contributed by atoms with E-state index in [9.17, 15) is 13.9 Å². The summed E-state index contributed by atoms with van der Waals surface area (Å²) in [4.78, 5) is 4.11. The lowest BCUT2D eigenvalue weighted by Gasteiger charge is -2.27. The van der Waals surface area contributed by atoms with Crippen molar-refractivity contribution in [1.29, 1.82) is 0 Å². The number of fused-ring (bicyclic) bond motifs is 1. The smallest absolute Gasteiger partial charge is 0.264 e. The van der Waals surface area contributed by atoms with E-state index in [1.807, 2.05) is 6.07 Å². The summed E-state index contributed by atoms with van der Waals surface area (Å²) >= 11 is 0. The summed E-state index contributed by atoms with van der Waals surface area (Å²) in [6.07, 6.45) is -0.380. The van der Waals surface area contributed by atoms with Crippen LogP contribution in [0.5, 0.6) is 0 Å². The summed E-state index contributed by atoms with van der Waals surface area (Å²) < 4.78 is 24.9. The van der Waals surface area contributed by atoms with Crippen LogP contribution in [0.15, 0.2) is 18.3 Å². The first kappa shape index (κ1) is 10.5. The van der Waals surface area contributed by atoms with E-state index >= 15 is 0 Å². The molecule has 2 nitrogen and oxygen atoms in total. The number of aromatic nitrogens is 1. The largest absolute Gasteiger partial charge is 0.386 e. The Morgan fingerprint density at radius 2 is 2.27 bits per heavy atom. The molecular formula is C11H13F2NO. The van der Waals surface area contributed by atoms with Crippen LogP contribution in [0, 0.1) is 0 Å². The van der Waals surface area contributed by atoms with Crippen LogP contribution in [0.2, 0.25) is 0 Å². The van der Waals surface area contributed by atoms with E-state index in [0.717, 1.165) is 18.4 Å². The maximum atomic E-state index is 12.4. The highest BCUT2D eigenvalue weighted by Gasteiger charge is 2.32. The maximum Gasteiger partial charge on any atom is 0.264 e. The Bertz CT molecular complexity index is 343. The topological polar surface area (TPSA) is 33.1 Å². The van der Waals surface area contributed by atoms with Crippen LogP contribution < -0.4 is 0 Å². The first-order valence-corrected chi connectivity index (χ1v) is 5.10. The second-order valence-electron chi connectivity index (χ2n) is 3.87. The Kier molecular flexibility index (Phi) is 2.95. The van der Waals surface area contributed by atoms with Crippen molar-refractivity contribution in [3.05, 3.63) is 29.6 Å². The van der Waals surface area contributed by atoms with E-state index in [4.69, 9.17) is 0 Å². The van der Waals surface area contributed by atoms with Gasteiger partial charge in [0.1, 0.15) is 6.10 Å². The first-order chi connectivity index (χ1) is 7.20. The molecule has 2 unspecified atom stereocenters. The molecule has 0 radical (unpaired) electrons. The molecular weight excluding hydrogens is 200 g/mol. The van der Waals surface area contributed by atoms with Crippen molar-refractivity contribution >= 4 is 0 Å². The second-order valence-corrected chi connectivity index (χ2v) is 3.87. The number of rotatable bonds is 2. The number of hydrogen-bond acceptors (Lipinski definition) is 2. The average Bonchev–Trinajstić information content (AvgIpc) is 2.27. The fourth-order valence-electron chi connectivity index (χ4n) is 2.15. The molecule has 0 amide bonds. The van der Waals surface area contributed by atoms with Crippen LogP contribution >= 0.6 is 0 Å². The summed E-state index contributed by atoms with van der Waals surface area (Å²) in [6.45, 7) is 0. The minimum Gasteiger partial charge on any atom is -0.386 e. The molecule has 0 bridgehead atoms. The van der Waals surface area contributed by atoms with Gasteiger partial charge in [-0.05, 0) is 30.9 Å². The van der Waals surface area contributed by atoms with Gasteiger partial charge >= 0.3 is 0 Å². The van der Waals surface area contributed by atoms with E-state index in [1.165, 1.54) is 0 Å². The van der Waals surface area contributed by atoms with Crippen LogP contribution in [0.1, 0.15) is 30.0 Å². The molecule has 1 N–H and O–H groups in total. The van der Waals surface area contributed by atoms with Crippen molar-refractivity contribution in [3.63, 3.8) is 0 Å². The Balaban J connectivity index is 2.29. The predicted molar refractivity (Wildman–Crippen MR) is 51.9 cm³/mol. The quantitative estimate of drug-likeness (QED) is 0.816. The molecule has 1 aromatic heterocycles. The van der Waals surface area contributed by atoms with Gasteiger partial charge in [-0.3, -0.25) is 4.98 Å². The molecule has 0 aliphatic heterocycles. The van der Waals surface area contributed by atoms with E-state index in [1.54, 1.807) is 12.3 Å². The summed E-state index contributed by atoms with van der Waals surface area (Å²) in [6, 6.07) is 3.70. The maximum absolute atomic E-state index is 12.4. The lowest BCUT2D eigenvalue weighted by atomic mass is 9.83. The fourth-order valence-corrected chi connectivity index (χ4v) is 2.15. The fraction of sp³-hybridized carbons (Fsp3) is 0.545. The van der Waals surface area contributed by atoms with Gasteiger partial charge in [-0.25, -0.2) is 8.78 Å². The standard InChI is InChI=1S/C11H13F2NO/c12-11(13)10(15)8-5-1-3-7-4-2-6-14-9(7)8/h2,4,6,8,10-11,15H,1,3,5H2. The van der Waals surface area contributed by atoms with Crippen molar-refractivity contribution in [3.8, 4) is 0 Å². The number of aryl methyl sites for hydroxylation is 1. The van der Waals surface area contributed by atoms with Gasteiger partial charge in [-0.2, -0.15) is 0 Å². The number of aliphatic hydroxyl groups excluding tert-OH is 1. The Morgan fingerprint density at radius 1 is 1.47 bits per heavy atom. The van der Waals surface area contributed by atoms with Gasteiger partial charge in [0.05, 0.1) is 0 Å². The molecule has 0 aromatic carbocycles. The van der Waals surface area contributed by atoms with Crippen LogP contribution in [-0.2, 0) is 6.42 Å². The van der Waals surface area contributed by atoms with E-state index < -0.39 is 18.4 Å². The van der Waals surface area contributed by atoms with Crippen LogP contribution in [0.4, 0.5) is 8.78 Å². The molecule has 4 heteroatoms. The monoisotopic (exact) mass is 213 g/mol. The molecule has 0 fully saturated rings. The molecule has 1 aliphatic carbocycles. The van der Waals surface area contributed by atoms with Crippen molar-refractivity contribution in [2.24, 2.45) is 0 Å². The second kappa shape index (κ2) is 4.23. The van der Waals surface area contributed by atoms with Crippen molar-refractivity contribution in [2.75, 3.05) is 0 Å². The third-order valence-electron chi connectivity index (χ3n) is 2.91. The molecule has 1 aliphatic rings. The van der Waals surface area contributed by atoms with Gasteiger partial charge in [0.2, 0.25) is 0 Å². The lowest BCUT2D eigenvalue weighted by Crippen LogP contribution is -2.29. The molecule has 1 aromatic rings. The minimum absolute atomic E-state index is 0.505. The molecule has 0 saturated heterocycles. The highest BCUT2D eigenvalue weighted by Crippen LogP contribution is 2.34. The Labute approximate surface area is 87.0 Å². The summed E-state index contributed by atoms with van der Waals surface area (Å²) in [5, 5.41) is 9.41. The first-order valence-electron chi connectivity index (χ1n) is 5.10. The number of halogens is 2. The van der Waals surface area contributed by atoms with Crippen LogP contribution in [-0.4, -0.2) is 22.6 Å². The van der Waals surface area contributed by atoms with Gasteiger partial charge in [0.25, 0.3) is 6.43 Å². The third kappa shape index (κ3) is 2.00. The lowest BCUT2D eigenvalue weighted by molar-refractivity contribution is -0.0239. The molecule has 82 valence electrons. The average molecular weight is 213 g/mol. The van der Waals surface area contributed by atoms with Crippen LogP contribution in [0.25, 0.3) is 0 Å². The molecule has 2 rings (SSSR count). The predicted octanol–water partition coefficient (Wildman–Crippen LogP) is 2.13. The summed E-state index contributed by atoms with van der Waals surface area (Å²) in [5.41, 5.74) is 1.64. The zero-order valence-electron chi connectivity index (χ0n) is 8.24. The molecule has 2 atom stereocenters. The zero-order valence-corrected chi connectivity index (χ0v) is 8.24. The van der Waals surface area contributed by atoms with Gasteiger partial charge < -0.3 is 5.11 Å². The highest BCUT2D eigenvalue weighted by atomic mass is 19.3. The number of pyridine rings is 1. The van der Waals surface area contributed by atoms with Crippen molar-refractivity contribution < 1.29 is 13.9 Å². The Hall–Kier alpha value is -1.03. The van der Waals surface area contributed by atoms with Gasteiger partial charge in [0, 0.05) is 17.8 Å². The number of hydrogen-bond donors (Lipinski definition) is 1. The molecule has 15 heavy (non-hydrogen) atoms. The van der Waals surface area contributed by atoms with Crippen molar-refractivity contribution in [2.45, 2.75) is 37.7 Å². The van der Waals surface area contributed by atoms with Gasteiger partial charge in [-0.1, -0.05) is 6.07 Å². The number of alkyl halides is 2. The molecule has 0 spiro atoms. The number of nitrogens with zero attached hydrogens (tertiary/aromatic N) is 1. The summed E-state index contributed by atoms with van der Waals surface area (Å²) in [5.74, 6) is -0.505. The Morgan fingerprint density at radius 3 is 3.00 bits per heavy atom. The van der Waals surface area contributed by atoms with E-state index in [2.05, 4.69) is 4.98 Å². The summed E-state index contributed by atoms with van der Waals surface area (Å²) in [7, 11) is 0. The van der Waals surface area contributed by atoms with Crippen LogP contribution in [0.3, 0.4) is 0 Å². The van der Waals surface area contributed by atoms with Gasteiger partial charge in [-0.15, -0.1) is 0 Å². The SMILES string of the molecule is OC(C(F)F)C1CCCc2cccnc21. The molecule has 1 heterocycles. The highest BCUT2D eigenvalue weighted by molar-refractivity contribution is 5.27. The van der Waals surface area contributed by atoms with E-state index in [-0.39, 0.29) is 0 Å². The van der Waals surface area contributed by atoms with Crippen molar-refractivity contribution in [1.82, 2.24) is 4.98 Å². The van der Waals surface area contributed by atoms with E-state index in [0.29, 0.717) is 12.1 Å². The van der Waals surface area contributed by atoms with Gasteiger partial charge in [0.15, 0.2) is 0 Å². The number of aliphatic hydroxyl groups is 1. The minimum atomic E-state index is -2.69. The zero-order chi connectivity index (χ0) is 10.8. The third-order valence-corrected chi connectivity index (χ3v) is 2.91.